The molecule has 3 nitrogen and oxygen atoms in total. The van der Waals surface area contributed by atoms with E-state index in [1.807, 2.05) is 30.3 Å². The minimum atomic E-state index is -2.35. The molecule has 0 aliphatic carbocycles. The topological polar surface area (TPSA) is 35.5 Å². The Balaban J connectivity index is 1.95. The first-order valence-electron chi connectivity index (χ1n) is 4.62. The predicted molar refractivity (Wildman–Crippen MR) is 52.6 cm³/mol. The van der Waals surface area contributed by atoms with E-state index in [1.165, 1.54) is 0 Å². The van der Waals surface area contributed by atoms with Gasteiger partial charge in [0, 0.05) is 0 Å². The fraction of sp³-hybridized carbons (Fsp3) is 0.400. The first-order chi connectivity index (χ1) is 6.86. The zero-order chi connectivity index (χ0) is 9.80. The van der Waals surface area contributed by atoms with Crippen molar-refractivity contribution in [3.05, 3.63) is 30.3 Å². The van der Waals surface area contributed by atoms with Crippen molar-refractivity contribution in [1.29, 1.82) is 0 Å². The van der Waals surface area contributed by atoms with Gasteiger partial charge in [-0.25, -0.2) is 0 Å². The summed E-state index contributed by atoms with van der Waals surface area (Å²) in [5.41, 5.74) is 0. The summed E-state index contributed by atoms with van der Waals surface area (Å²) < 4.78 is 23.1. The third-order valence-electron chi connectivity index (χ3n) is 2.02. The summed E-state index contributed by atoms with van der Waals surface area (Å²) in [6, 6.07) is 9.28. The first kappa shape index (κ1) is 9.99. The van der Waals surface area contributed by atoms with E-state index >= 15 is 0 Å². The molecule has 0 amide bonds. The van der Waals surface area contributed by atoms with E-state index in [2.05, 4.69) is 0 Å². The van der Waals surface area contributed by atoms with Crippen molar-refractivity contribution in [2.24, 2.45) is 0 Å². The average molecular weight is 259 g/mol. The van der Waals surface area contributed by atoms with Gasteiger partial charge in [-0.15, -0.1) is 0 Å². The van der Waals surface area contributed by atoms with Crippen molar-refractivity contribution in [3.8, 4) is 0 Å². The van der Waals surface area contributed by atoms with Gasteiger partial charge in [-0.3, -0.25) is 0 Å². The second-order valence-corrected chi connectivity index (χ2v) is 5.46. The van der Waals surface area contributed by atoms with E-state index in [9.17, 15) is 3.83 Å². The molecule has 0 aromatic heterocycles. The first-order valence-corrected chi connectivity index (χ1v) is 6.87. The Morgan fingerprint density at radius 1 is 1.36 bits per heavy atom. The molecule has 1 aliphatic heterocycles. The van der Waals surface area contributed by atoms with Gasteiger partial charge in [-0.2, -0.15) is 0 Å². The van der Waals surface area contributed by atoms with Gasteiger partial charge in [0.2, 0.25) is 0 Å². The molecule has 0 saturated carbocycles. The summed E-state index contributed by atoms with van der Waals surface area (Å²) in [5.74, 6) is 0. The summed E-state index contributed by atoms with van der Waals surface area (Å²) in [6.45, 7) is 0.721. The van der Waals surface area contributed by atoms with Gasteiger partial charge in [0.05, 0.1) is 0 Å². The van der Waals surface area contributed by atoms with Crippen molar-refractivity contribution < 1.29 is 12.4 Å². The summed E-state index contributed by atoms with van der Waals surface area (Å²) in [5, 5.41) is 0. The van der Waals surface area contributed by atoms with Gasteiger partial charge < -0.3 is 0 Å². The summed E-state index contributed by atoms with van der Waals surface area (Å²) in [6.07, 6.45) is 1.60. The van der Waals surface area contributed by atoms with Crippen molar-refractivity contribution in [2.45, 2.75) is 19.1 Å². The molecule has 1 fully saturated rings. The Morgan fingerprint density at radius 3 is 2.79 bits per heavy atom. The Morgan fingerprint density at radius 2 is 2.14 bits per heavy atom. The number of benzene rings is 1. The van der Waals surface area contributed by atoms with Crippen LogP contribution in [0.25, 0.3) is 0 Å². The molecule has 0 spiro atoms. The van der Waals surface area contributed by atoms with Gasteiger partial charge in [-0.05, 0) is 0 Å². The van der Waals surface area contributed by atoms with E-state index in [4.69, 9.17) is 8.56 Å². The van der Waals surface area contributed by atoms with Crippen LogP contribution in [-0.4, -0.2) is 27.1 Å². The Bertz CT molecular complexity index is 306. The molecule has 4 heteroatoms. The maximum absolute atomic E-state index is 11.7. The van der Waals surface area contributed by atoms with Crippen molar-refractivity contribution in [3.63, 3.8) is 0 Å². The molecule has 1 aromatic carbocycles. The average Bonchev–Trinajstić information content (AvgIpc) is 2.72. The van der Waals surface area contributed by atoms with Crippen molar-refractivity contribution in [1.82, 2.24) is 0 Å². The quantitative estimate of drug-likeness (QED) is 0.759. The number of rotatable bonds is 3. The normalized spacial score (nSPS) is 23.6. The van der Waals surface area contributed by atoms with Crippen LogP contribution < -0.4 is 4.46 Å². The summed E-state index contributed by atoms with van der Waals surface area (Å²) in [4.78, 5) is 0. The van der Waals surface area contributed by atoms with Crippen LogP contribution in [0.2, 0.25) is 0 Å². The van der Waals surface area contributed by atoms with Gasteiger partial charge in [-0.1, -0.05) is 0 Å². The SMILES string of the molecule is O=[Se](OC1CCCO1)c1ccccc1. The van der Waals surface area contributed by atoms with Crippen LogP contribution in [-0.2, 0) is 12.4 Å². The number of hydrogen-bond acceptors (Lipinski definition) is 3. The van der Waals surface area contributed by atoms with Crippen LogP contribution in [0.3, 0.4) is 0 Å². The fourth-order valence-electron chi connectivity index (χ4n) is 1.31. The second-order valence-electron chi connectivity index (χ2n) is 3.09. The van der Waals surface area contributed by atoms with Gasteiger partial charge >= 0.3 is 87.1 Å². The Labute approximate surface area is 87.4 Å². The van der Waals surface area contributed by atoms with E-state index in [0.717, 1.165) is 23.9 Å². The molecule has 14 heavy (non-hydrogen) atoms. The van der Waals surface area contributed by atoms with Crippen LogP contribution >= 0.6 is 0 Å². The number of hydrogen-bond donors (Lipinski definition) is 0. The zero-order valence-corrected chi connectivity index (χ0v) is 9.43. The van der Waals surface area contributed by atoms with E-state index in [0.29, 0.717) is 0 Å². The van der Waals surface area contributed by atoms with Gasteiger partial charge in [0.1, 0.15) is 0 Å². The van der Waals surface area contributed by atoms with Crippen LogP contribution in [0.5, 0.6) is 0 Å². The zero-order valence-electron chi connectivity index (χ0n) is 7.72. The monoisotopic (exact) mass is 260 g/mol. The van der Waals surface area contributed by atoms with Crippen LogP contribution in [0, 0.1) is 0 Å². The molecule has 0 radical (unpaired) electrons. The molecule has 1 saturated heterocycles. The molecular weight excluding hydrogens is 247 g/mol. The van der Waals surface area contributed by atoms with Crippen LogP contribution in [0.4, 0.5) is 0 Å². The summed E-state index contributed by atoms with van der Waals surface area (Å²) >= 11 is -2.35. The standard InChI is InChI=1S/C10H12O3Se/c11-14(9-5-2-1-3-6-9)13-10-7-4-8-12-10/h1-3,5-6,10H,4,7-8H2. The Hall–Kier alpha value is -0.541. The molecule has 1 heterocycles. The molecule has 0 bridgehead atoms. The number of ether oxygens (including phenoxy) is 1. The van der Waals surface area contributed by atoms with Crippen molar-refractivity contribution in [2.75, 3.05) is 6.61 Å². The molecule has 0 N–H and O–H groups in total. The molecule has 76 valence electrons. The molecule has 2 rings (SSSR count). The third kappa shape index (κ3) is 2.49. The van der Waals surface area contributed by atoms with E-state index < -0.39 is 14.2 Å². The molecule has 1 aromatic rings. The molecule has 2 unspecified atom stereocenters. The Kier molecular flexibility index (Phi) is 3.43. The molecule has 1 aliphatic rings. The molecular formula is C10H12O3Se. The molecule has 2 atom stereocenters. The second kappa shape index (κ2) is 4.80. The minimum absolute atomic E-state index is 0.252. The van der Waals surface area contributed by atoms with Gasteiger partial charge in [0.15, 0.2) is 0 Å². The maximum atomic E-state index is 11.7. The van der Waals surface area contributed by atoms with E-state index in [-0.39, 0.29) is 6.29 Å². The van der Waals surface area contributed by atoms with E-state index in [1.54, 1.807) is 0 Å². The van der Waals surface area contributed by atoms with Crippen LogP contribution in [0.1, 0.15) is 12.8 Å². The van der Waals surface area contributed by atoms with Crippen molar-refractivity contribution >= 4 is 18.6 Å². The fourth-order valence-corrected chi connectivity index (χ4v) is 3.07. The summed E-state index contributed by atoms with van der Waals surface area (Å²) in [7, 11) is 0. The van der Waals surface area contributed by atoms with Gasteiger partial charge in [0.25, 0.3) is 0 Å². The van der Waals surface area contributed by atoms with Crippen LogP contribution in [0.15, 0.2) is 30.3 Å². The predicted octanol–water partition coefficient (Wildman–Crippen LogP) is 0.965. The third-order valence-corrected chi connectivity index (χ3v) is 4.21.